The molecule has 2 aliphatic heterocycles. The van der Waals surface area contributed by atoms with Crippen molar-refractivity contribution < 1.29 is 4.79 Å². The van der Waals surface area contributed by atoms with Crippen molar-refractivity contribution in [1.82, 2.24) is 9.47 Å². The van der Waals surface area contributed by atoms with E-state index in [2.05, 4.69) is 11.0 Å². The number of rotatable bonds is 4. The Bertz CT molecular complexity index is 1160. The average molecular weight is 468 g/mol. The van der Waals surface area contributed by atoms with E-state index >= 15 is 0 Å². The number of aryl methyl sites for hydroxylation is 1. The molecular weight excluding hydrogens is 438 g/mol. The Morgan fingerprint density at radius 3 is 2.50 bits per heavy atom. The molecule has 1 saturated carbocycles. The van der Waals surface area contributed by atoms with Gasteiger partial charge in [-0.3, -0.25) is 14.5 Å². The maximum absolute atomic E-state index is 13.7. The van der Waals surface area contributed by atoms with E-state index in [0.29, 0.717) is 21.3 Å². The van der Waals surface area contributed by atoms with Gasteiger partial charge in [-0.1, -0.05) is 61.4 Å². The van der Waals surface area contributed by atoms with Crippen LogP contribution in [0.3, 0.4) is 0 Å². The lowest BCUT2D eigenvalue weighted by Gasteiger charge is -2.29. The Kier molecular flexibility index (Phi) is 6.12. The molecule has 5 rings (SSSR count). The summed E-state index contributed by atoms with van der Waals surface area (Å²) in [7, 11) is 0. The van der Waals surface area contributed by atoms with Gasteiger partial charge in [-0.05, 0) is 44.7 Å². The number of nitrogens with zero attached hydrogens (tertiary/aromatic N) is 3. The molecule has 3 aliphatic rings. The molecule has 0 unspecified atom stereocenters. The number of thiocarbonyl (C=S) groups is 1. The fourth-order valence-electron chi connectivity index (χ4n) is 5.40. The quantitative estimate of drug-likeness (QED) is 0.459. The highest BCUT2D eigenvalue weighted by Gasteiger charge is 2.38. The Balaban J connectivity index is 1.65. The molecule has 168 valence electrons. The molecule has 3 fully saturated rings. The van der Waals surface area contributed by atoms with Gasteiger partial charge in [0, 0.05) is 31.1 Å². The van der Waals surface area contributed by atoms with Crippen molar-refractivity contribution in [1.29, 1.82) is 0 Å². The van der Waals surface area contributed by atoms with Crippen LogP contribution in [0.1, 0.15) is 57.4 Å². The van der Waals surface area contributed by atoms with Crippen molar-refractivity contribution in [2.45, 2.75) is 64.5 Å². The van der Waals surface area contributed by atoms with Crippen LogP contribution in [0.4, 0.5) is 5.69 Å². The molecule has 0 spiro atoms. The zero-order chi connectivity index (χ0) is 22.2. The fourth-order valence-corrected chi connectivity index (χ4v) is 6.78. The number of thioether (sulfide) groups is 1. The molecule has 1 amide bonds. The highest BCUT2D eigenvalue weighted by Crippen LogP contribution is 2.39. The van der Waals surface area contributed by atoms with Gasteiger partial charge in [-0.25, -0.2) is 0 Å². The minimum Gasteiger partial charge on any atom is -0.370 e. The first-order chi connectivity index (χ1) is 15.6. The SMILES string of the molecule is CCn1c(=O)c(C=C2SC(=S)N(C3CCCCC3)C2=O)c(N2CCCC2)c2ccccc21. The van der Waals surface area contributed by atoms with Crippen molar-refractivity contribution in [2.75, 3.05) is 18.0 Å². The number of hydrogen-bond donors (Lipinski definition) is 0. The first kappa shape index (κ1) is 21.7. The Hall–Kier alpha value is -2.12. The number of amides is 1. The van der Waals surface area contributed by atoms with Crippen LogP contribution in [0.25, 0.3) is 17.0 Å². The van der Waals surface area contributed by atoms with Gasteiger partial charge in [0.1, 0.15) is 4.32 Å². The van der Waals surface area contributed by atoms with Crippen LogP contribution in [-0.4, -0.2) is 38.8 Å². The Morgan fingerprint density at radius 1 is 1.06 bits per heavy atom. The maximum Gasteiger partial charge on any atom is 0.266 e. The van der Waals surface area contributed by atoms with Crippen LogP contribution in [0.5, 0.6) is 0 Å². The maximum atomic E-state index is 13.7. The molecule has 5 nitrogen and oxygen atoms in total. The molecule has 1 aromatic carbocycles. The van der Waals surface area contributed by atoms with Crippen LogP contribution in [0.15, 0.2) is 34.0 Å². The van der Waals surface area contributed by atoms with Crippen molar-refractivity contribution in [2.24, 2.45) is 0 Å². The average Bonchev–Trinajstić information content (AvgIpc) is 3.43. The number of fused-ring (bicyclic) bond motifs is 1. The summed E-state index contributed by atoms with van der Waals surface area (Å²) in [6.07, 6.45) is 9.61. The van der Waals surface area contributed by atoms with Gasteiger partial charge >= 0.3 is 0 Å². The number of carbonyl (C=O) groups excluding carboxylic acids is 1. The highest BCUT2D eigenvalue weighted by atomic mass is 32.2. The third-order valence-corrected chi connectivity index (χ3v) is 8.29. The molecule has 1 aromatic heterocycles. The summed E-state index contributed by atoms with van der Waals surface area (Å²) in [5, 5.41) is 1.07. The number of anilines is 1. The zero-order valence-electron chi connectivity index (χ0n) is 18.5. The lowest BCUT2D eigenvalue weighted by atomic mass is 9.94. The highest BCUT2D eigenvalue weighted by molar-refractivity contribution is 8.26. The summed E-state index contributed by atoms with van der Waals surface area (Å²) in [4.78, 5) is 31.8. The van der Waals surface area contributed by atoms with E-state index in [1.54, 1.807) is 0 Å². The molecular formula is C25H29N3O2S2. The van der Waals surface area contributed by atoms with Gasteiger partial charge in [0.25, 0.3) is 11.5 Å². The second-order valence-corrected chi connectivity index (χ2v) is 10.5. The molecule has 0 atom stereocenters. The lowest BCUT2D eigenvalue weighted by molar-refractivity contribution is -0.124. The molecule has 1 aliphatic carbocycles. The topological polar surface area (TPSA) is 45.6 Å². The number of pyridine rings is 1. The van der Waals surface area contributed by atoms with Gasteiger partial charge in [0.2, 0.25) is 0 Å². The van der Waals surface area contributed by atoms with Crippen LogP contribution in [0.2, 0.25) is 0 Å². The van der Waals surface area contributed by atoms with Gasteiger partial charge < -0.3 is 9.47 Å². The zero-order valence-corrected chi connectivity index (χ0v) is 20.1. The summed E-state index contributed by atoms with van der Waals surface area (Å²) in [5.74, 6) is -0.0325. The van der Waals surface area contributed by atoms with E-state index in [0.717, 1.165) is 68.2 Å². The van der Waals surface area contributed by atoms with Crippen molar-refractivity contribution >= 4 is 56.9 Å². The normalized spacial score (nSPS) is 21.5. The molecule has 0 N–H and O–H groups in total. The number of benzene rings is 1. The summed E-state index contributed by atoms with van der Waals surface area (Å²) in [5.41, 5.74) is 2.51. The van der Waals surface area contributed by atoms with E-state index in [1.165, 1.54) is 18.2 Å². The Morgan fingerprint density at radius 2 is 1.78 bits per heavy atom. The third-order valence-electron chi connectivity index (χ3n) is 6.96. The van der Waals surface area contributed by atoms with E-state index in [-0.39, 0.29) is 17.5 Å². The molecule has 3 heterocycles. The summed E-state index contributed by atoms with van der Waals surface area (Å²) in [6.45, 7) is 4.45. The third kappa shape index (κ3) is 3.69. The second kappa shape index (κ2) is 9.02. The smallest absolute Gasteiger partial charge is 0.266 e. The van der Waals surface area contributed by atoms with Crippen LogP contribution < -0.4 is 10.5 Å². The lowest BCUT2D eigenvalue weighted by Crippen LogP contribution is -2.39. The second-order valence-electron chi connectivity index (χ2n) is 8.87. The van der Waals surface area contributed by atoms with Crippen LogP contribution >= 0.6 is 24.0 Å². The number of aromatic nitrogens is 1. The van der Waals surface area contributed by atoms with Gasteiger partial charge in [-0.15, -0.1) is 0 Å². The van der Waals surface area contributed by atoms with Gasteiger partial charge in [0.15, 0.2) is 0 Å². The molecule has 32 heavy (non-hydrogen) atoms. The standard InChI is InChI=1S/C25H29N3O2S2/c1-2-27-20-13-7-6-12-18(20)22(26-14-8-9-15-26)19(23(27)29)16-21-24(30)28(25(31)32-21)17-10-4-3-5-11-17/h6-7,12-13,16-17H,2-5,8-11,14-15H2,1H3. The monoisotopic (exact) mass is 467 g/mol. The molecule has 7 heteroatoms. The fraction of sp³-hybridized carbons (Fsp3) is 0.480. The van der Waals surface area contributed by atoms with E-state index in [1.807, 2.05) is 40.7 Å². The Labute approximate surface area is 198 Å². The number of para-hydroxylation sites is 1. The number of carbonyl (C=O) groups is 1. The molecule has 2 aromatic rings. The minimum atomic E-state index is -0.0325. The molecule has 0 radical (unpaired) electrons. The predicted octanol–water partition coefficient (Wildman–Crippen LogP) is 5.16. The molecule has 2 saturated heterocycles. The van der Waals surface area contributed by atoms with Crippen molar-refractivity contribution in [3.8, 4) is 0 Å². The van der Waals surface area contributed by atoms with Crippen molar-refractivity contribution in [3.05, 3.63) is 45.1 Å². The van der Waals surface area contributed by atoms with Gasteiger partial charge in [0.05, 0.1) is 21.7 Å². The first-order valence-corrected chi connectivity index (χ1v) is 13.0. The largest absolute Gasteiger partial charge is 0.370 e. The van der Waals surface area contributed by atoms with Crippen molar-refractivity contribution in [3.63, 3.8) is 0 Å². The summed E-state index contributed by atoms with van der Waals surface area (Å²) in [6, 6.07) is 8.32. The van der Waals surface area contributed by atoms with Gasteiger partial charge in [-0.2, -0.15) is 0 Å². The van der Waals surface area contributed by atoms with Crippen LogP contribution in [0, 0.1) is 0 Å². The predicted molar refractivity (Wildman–Crippen MR) is 137 cm³/mol. The number of hydrogen-bond acceptors (Lipinski definition) is 5. The van der Waals surface area contributed by atoms with E-state index in [9.17, 15) is 9.59 Å². The summed E-state index contributed by atoms with van der Waals surface area (Å²) < 4.78 is 2.45. The van der Waals surface area contributed by atoms with E-state index < -0.39 is 0 Å². The van der Waals surface area contributed by atoms with E-state index in [4.69, 9.17) is 12.2 Å². The first-order valence-electron chi connectivity index (χ1n) is 11.8. The van der Waals surface area contributed by atoms with Crippen LogP contribution in [-0.2, 0) is 11.3 Å². The summed E-state index contributed by atoms with van der Waals surface area (Å²) >= 11 is 6.98. The molecule has 0 bridgehead atoms. The minimum absolute atomic E-state index is 0.0314.